The molecule has 2 aromatic heterocycles. The van der Waals surface area contributed by atoms with E-state index in [0.29, 0.717) is 17.9 Å². The number of rotatable bonds is 3. The molecular weight excluding hydrogens is 264 g/mol. The number of nitrogen functional groups attached to an aromatic ring is 1. The average molecular weight is 280 g/mol. The number of nitrogens with one attached hydrogen (secondary N) is 2. The van der Waals surface area contributed by atoms with Crippen LogP contribution in [0.25, 0.3) is 10.9 Å². The summed E-state index contributed by atoms with van der Waals surface area (Å²) in [7, 11) is 0. The van der Waals surface area contributed by atoms with E-state index in [4.69, 9.17) is 5.73 Å². The first-order valence-electron chi connectivity index (χ1n) is 6.70. The second kappa shape index (κ2) is 5.28. The summed E-state index contributed by atoms with van der Waals surface area (Å²) in [5.74, 6) is -0.161. The molecule has 106 valence electrons. The highest BCUT2D eigenvalue weighted by Gasteiger charge is 2.10. The third kappa shape index (κ3) is 2.72. The number of H-pyrrole nitrogens is 1. The second-order valence-electron chi connectivity index (χ2n) is 4.98. The van der Waals surface area contributed by atoms with Gasteiger partial charge < -0.3 is 16.0 Å². The zero-order valence-corrected chi connectivity index (χ0v) is 11.7. The molecule has 3 aromatic rings. The summed E-state index contributed by atoms with van der Waals surface area (Å²) in [6.07, 6.45) is 1.76. The number of pyridine rings is 1. The molecule has 4 N–H and O–H groups in total. The van der Waals surface area contributed by atoms with Crippen LogP contribution in [0.2, 0.25) is 0 Å². The van der Waals surface area contributed by atoms with Crippen molar-refractivity contribution in [1.29, 1.82) is 0 Å². The molecule has 0 aliphatic carbocycles. The number of aryl methyl sites for hydroxylation is 1. The molecule has 0 saturated heterocycles. The van der Waals surface area contributed by atoms with Crippen LogP contribution in [0.5, 0.6) is 0 Å². The predicted octanol–water partition coefficient (Wildman–Crippen LogP) is 2.38. The number of aromatic nitrogens is 2. The molecule has 0 bridgehead atoms. The van der Waals surface area contributed by atoms with Crippen LogP contribution in [-0.4, -0.2) is 15.9 Å². The lowest BCUT2D eigenvalue weighted by atomic mass is 10.2. The number of benzene rings is 1. The van der Waals surface area contributed by atoms with Crippen molar-refractivity contribution in [2.75, 3.05) is 5.73 Å². The largest absolute Gasteiger partial charge is 0.397 e. The van der Waals surface area contributed by atoms with E-state index in [-0.39, 0.29) is 5.91 Å². The van der Waals surface area contributed by atoms with E-state index in [0.717, 1.165) is 22.2 Å². The number of carbonyl (C=O) groups is 1. The highest BCUT2D eigenvalue weighted by atomic mass is 16.1. The zero-order chi connectivity index (χ0) is 14.8. The minimum Gasteiger partial charge on any atom is -0.397 e. The molecular formula is C16H16N4O. The first-order chi connectivity index (χ1) is 10.1. The first-order valence-corrected chi connectivity index (χ1v) is 6.70. The van der Waals surface area contributed by atoms with Gasteiger partial charge in [0.15, 0.2) is 0 Å². The second-order valence-corrected chi connectivity index (χ2v) is 4.98. The number of aromatic amines is 1. The lowest BCUT2D eigenvalue weighted by molar-refractivity contribution is 0.0947. The minimum absolute atomic E-state index is 0.161. The van der Waals surface area contributed by atoms with E-state index in [2.05, 4.69) is 15.3 Å². The first kappa shape index (κ1) is 13.2. The van der Waals surface area contributed by atoms with Crippen molar-refractivity contribution < 1.29 is 4.79 Å². The molecule has 2 heterocycles. The molecule has 5 nitrogen and oxygen atoms in total. The molecule has 0 radical (unpaired) electrons. The topological polar surface area (TPSA) is 83.8 Å². The van der Waals surface area contributed by atoms with Gasteiger partial charge in [-0.25, -0.2) is 0 Å². The predicted molar refractivity (Wildman–Crippen MR) is 82.9 cm³/mol. The Balaban J connectivity index is 1.75. The van der Waals surface area contributed by atoms with Crippen molar-refractivity contribution in [2.45, 2.75) is 13.5 Å². The quantitative estimate of drug-likeness (QED) is 0.644. The summed E-state index contributed by atoms with van der Waals surface area (Å²) in [4.78, 5) is 19.4. The van der Waals surface area contributed by atoms with Gasteiger partial charge in [-0.15, -0.1) is 0 Å². The molecule has 1 amide bonds. The molecule has 21 heavy (non-hydrogen) atoms. The van der Waals surface area contributed by atoms with Gasteiger partial charge in [0.1, 0.15) is 5.69 Å². The summed E-state index contributed by atoms with van der Waals surface area (Å²) >= 11 is 0. The Hall–Kier alpha value is -2.82. The molecule has 0 saturated carbocycles. The monoisotopic (exact) mass is 280 g/mol. The van der Waals surface area contributed by atoms with Crippen molar-refractivity contribution in [1.82, 2.24) is 15.3 Å². The number of carbonyl (C=O) groups excluding carboxylic acids is 1. The fourth-order valence-corrected chi connectivity index (χ4v) is 2.18. The van der Waals surface area contributed by atoms with Crippen LogP contribution >= 0.6 is 0 Å². The molecule has 3 rings (SSSR count). The third-order valence-electron chi connectivity index (χ3n) is 3.36. The minimum atomic E-state index is -0.161. The summed E-state index contributed by atoms with van der Waals surface area (Å²) in [5, 5.41) is 3.79. The number of amides is 1. The number of nitrogens with two attached hydrogens (primary N) is 1. The smallest absolute Gasteiger partial charge is 0.267 e. The van der Waals surface area contributed by atoms with Crippen LogP contribution < -0.4 is 11.1 Å². The highest BCUT2D eigenvalue weighted by molar-refractivity contribution is 6.00. The Labute approximate surface area is 122 Å². The lowest BCUT2D eigenvalue weighted by Gasteiger charge is -2.04. The lowest BCUT2D eigenvalue weighted by Crippen LogP contribution is -2.23. The van der Waals surface area contributed by atoms with Crippen LogP contribution in [-0.2, 0) is 6.54 Å². The van der Waals surface area contributed by atoms with Crippen LogP contribution in [0.4, 0.5) is 5.69 Å². The van der Waals surface area contributed by atoms with Gasteiger partial charge in [0.05, 0.1) is 11.2 Å². The maximum Gasteiger partial charge on any atom is 0.267 e. The van der Waals surface area contributed by atoms with E-state index in [1.807, 2.05) is 31.2 Å². The summed E-state index contributed by atoms with van der Waals surface area (Å²) < 4.78 is 0. The van der Waals surface area contributed by atoms with Crippen LogP contribution in [0.3, 0.4) is 0 Å². The van der Waals surface area contributed by atoms with E-state index in [9.17, 15) is 4.79 Å². The van der Waals surface area contributed by atoms with Gasteiger partial charge >= 0.3 is 0 Å². The number of para-hydroxylation sites is 1. The highest BCUT2D eigenvalue weighted by Crippen LogP contribution is 2.21. The Morgan fingerprint density at radius 1 is 1.33 bits per heavy atom. The Bertz CT molecular complexity index is 790. The van der Waals surface area contributed by atoms with Gasteiger partial charge in [-0.3, -0.25) is 9.78 Å². The van der Waals surface area contributed by atoms with Crippen LogP contribution in [0.15, 0.2) is 42.6 Å². The molecule has 1 aromatic carbocycles. The van der Waals surface area contributed by atoms with Gasteiger partial charge in [0.2, 0.25) is 0 Å². The Morgan fingerprint density at radius 2 is 2.19 bits per heavy atom. The normalized spacial score (nSPS) is 10.7. The average Bonchev–Trinajstić information content (AvgIpc) is 2.92. The number of hydrogen-bond donors (Lipinski definition) is 3. The Morgan fingerprint density at radius 3 is 2.90 bits per heavy atom. The van der Waals surface area contributed by atoms with Gasteiger partial charge in [-0.2, -0.15) is 0 Å². The van der Waals surface area contributed by atoms with E-state index in [1.165, 1.54) is 0 Å². The van der Waals surface area contributed by atoms with E-state index < -0.39 is 0 Å². The summed E-state index contributed by atoms with van der Waals surface area (Å²) in [6.45, 7) is 2.37. The maximum absolute atomic E-state index is 12.2. The van der Waals surface area contributed by atoms with Gasteiger partial charge in [0, 0.05) is 23.8 Å². The fraction of sp³-hybridized carbons (Fsp3) is 0.125. The molecule has 0 aliphatic heterocycles. The number of nitrogens with zero attached hydrogens (tertiary/aromatic N) is 1. The molecule has 0 aliphatic rings. The fourth-order valence-electron chi connectivity index (χ4n) is 2.18. The summed E-state index contributed by atoms with van der Waals surface area (Å²) in [6, 6.07) is 11.3. The zero-order valence-electron chi connectivity index (χ0n) is 11.7. The van der Waals surface area contributed by atoms with E-state index in [1.54, 1.807) is 18.3 Å². The van der Waals surface area contributed by atoms with Crippen molar-refractivity contribution in [3.8, 4) is 0 Å². The van der Waals surface area contributed by atoms with Gasteiger partial charge in [0.25, 0.3) is 5.91 Å². The van der Waals surface area contributed by atoms with E-state index >= 15 is 0 Å². The third-order valence-corrected chi connectivity index (χ3v) is 3.36. The van der Waals surface area contributed by atoms with Crippen molar-refractivity contribution >= 4 is 22.5 Å². The SMILES string of the molecule is Cc1ccc(CNC(=O)c2cc3cccc(N)c3[nH]2)cn1. The van der Waals surface area contributed by atoms with Gasteiger partial charge in [-0.1, -0.05) is 18.2 Å². The summed E-state index contributed by atoms with van der Waals surface area (Å²) in [5.41, 5.74) is 9.72. The van der Waals surface area contributed by atoms with Gasteiger partial charge in [-0.05, 0) is 30.7 Å². The number of anilines is 1. The standard InChI is InChI=1S/C16H16N4O/c1-10-5-6-11(8-18-10)9-19-16(21)14-7-12-3-2-4-13(17)15(12)20-14/h2-8,20H,9,17H2,1H3,(H,19,21). The molecule has 0 unspecified atom stereocenters. The van der Waals surface area contributed by atoms with Crippen LogP contribution in [0, 0.1) is 6.92 Å². The molecule has 0 atom stereocenters. The molecule has 5 heteroatoms. The van der Waals surface area contributed by atoms with Crippen molar-refractivity contribution in [3.05, 3.63) is 59.5 Å². The molecule has 0 spiro atoms. The molecule has 0 fully saturated rings. The van der Waals surface area contributed by atoms with Crippen LogP contribution in [0.1, 0.15) is 21.7 Å². The van der Waals surface area contributed by atoms with Crippen molar-refractivity contribution in [3.63, 3.8) is 0 Å². The van der Waals surface area contributed by atoms with Crippen molar-refractivity contribution in [2.24, 2.45) is 0 Å². The number of hydrogen-bond acceptors (Lipinski definition) is 3. The maximum atomic E-state index is 12.2. The number of fused-ring (bicyclic) bond motifs is 1. The Kier molecular flexibility index (Phi) is 3.31.